The first-order valence-electron chi connectivity index (χ1n) is 8.19. The molecule has 6 heteroatoms. The third-order valence-corrected chi connectivity index (χ3v) is 4.62. The SMILES string of the molecule is Cc1ccccc1-n1cc(C(=O)NC2CCC(C(=O)O)CC2)cn1. The Morgan fingerprint density at radius 1 is 1.21 bits per heavy atom. The predicted octanol–water partition coefficient (Wildman–Crippen LogP) is 2.55. The molecule has 1 aromatic heterocycles. The predicted molar refractivity (Wildman–Crippen MR) is 89.1 cm³/mol. The Morgan fingerprint density at radius 3 is 2.58 bits per heavy atom. The van der Waals surface area contributed by atoms with E-state index in [9.17, 15) is 9.59 Å². The zero-order chi connectivity index (χ0) is 17.1. The lowest BCUT2D eigenvalue weighted by Crippen LogP contribution is -2.38. The molecule has 1 fully saturated rings. The van der Waals surface area contributed by atoms with Crippen LogP contribution in [0.1, 0.15) is 41.6 Å². The number of aryl methyl sites for hydroxylation is 1. The number of benzene rings is 1. The van der Waals surface area contributed by atoms with Crippen molar-refractivity contribution in [1.82, 2.24) is 15.1 Å². The fourth-order valence-electron chi connectivity index (χ4n) is 3.15. The second-order valence-electron chi connectivity index (χ2n) is 6.32. The lowest BCUT2D eigenvalue weighted by molar-refractivity contribution is -0.142. The smallest absolute Gasteiger partial charge is 0.306 e. The van der Waals surface area contributed by atoms with E-state index in [1.807, 2.05) is 31.2 Å². The summed E-state index contributed by atoms with van der Waals surface area (Å²) in [5.74, 6) is -1.17. The van der Waals surface area contributed by atoms with Gasteiger partial charge in [0, 0.05) is 12.2 Å². The highest BCUT2D eigenvalue weighted by Crippen LogP contribution is 2.24. The van der Waals surface area contributed by atoms with Crippen molar-refractivity contribution in [3.63, 3.8) is 0 Å². The van der Waals surface area contributed by atoms with Gasteiger partial charge >= 0.3 is 5.97 Å². The molecule has 3 rings (SSSR count). The molecule has 1 aliphatic rings. The van der Waals surface area contributed by atoms with Gasteiger partial charge in [-0.1, -0.05) is 18.2 Å². The summed E-state index contributed by atoms with van der Waals surface area (Å²) < 4.78 is 1.70. The molecule has 0 unspecified atom stereocenters. The number of nitrogens with one attached hydrogen (secondary N) is 1. The van der Waals surface area contributed by atoms with Crippen molar-refractivity contribution in [1.29, 1.82) is 0 Å². The van der Waals surface area contributed by atoms with Crippen LogP contribution in [0.15, 0.2) is 36.7 Å². The van der Waals surface area contributed by atoms with Gasteiger partial charge in [0.15, 0.2) is 0 Å². The maximum atomic E-state index is 12.4. The standard InChI is InChI=1S/C18H21N3O3/c1-12-4-2-3-5-16(12)21-11-14(10-19-21)17(22)20-15-8-6-13(7-9-15)18(23)24/h2-5,10-11,13,15H,6-9H2,1H3,(H,20,22)(H,23,24). The van der Waals surface area contributed by atoms with E-state index < -0.39 is 5.97 Å². The average Bonchev–Trinajstić information content (AvgIpc) is 3.05. The molecule has 1 aliphatic carbocycles. The van der Waals surface area contributed by atoms with Crippen molar-refractivity contribution in [2.45, 2.75) is 38.6 Å². The van der Waals surface area contributed by atoms with Gasteiger partial charge in [0.1, 0.15) is 0 Å². The van der Waals surface area contributed by atoms with Crippen LogP contribution in [0.4, 0.5) is 0 Å². The van der Waals surface area contributed by atoms with Crippen molar-refractivity contribution >= 4 is 11.9 Å². The first-order valence-corrected chi connectivity index (χ1v) is 8.19. The number of aliphatic carboxylic acids is 1. The minimum atomic E-state index is -0.737. The second kappa shape index (κ2) is 6.86. The lowest BCUT2D eigenvalue weighted by atomic mass is 9.86. The number of carbonyl (C=O) groups is 2. The van der Waals surface area contributed by atoms with Gasteiger partial charge in [-0.3, -0.25) is 9.59 Å². The van der Waals surface area contributed by atoms with Crippen LogP contribution >= 0.6 is 0 Å². The topological polar surface area (TPSA) is 84.2 Å². The Hall–Kier alpha value is -2.63. The van der Waals surface area contributed by atoms with Crippen molar-refractivity contribution < 1.29 is 14.7 Å². The number of carboxylic acids is 1. The van der Waals surface area contributed by atoms with Crippen LogP contribution in [0.2, 0.25) is 0 Å². The van der Waals surface area contributed by atoms with Gasteiger partial charge in [-0.25, -0.2) is 4.68 Å². The number of hydrogen-bond donors (Lipinski definition) is 2. The summed E-state index contributed by atoms with van der Waals surface area (Å²) >= 11 is 0. The number of hydrogen-bond acceptors (Lipinski definition) is 3. The fourth-order valence-corrected chi connectivity index (χ4v) is 3.15. The molecule has 1 aromatic carbocycles. The highest BCUT2D eigenvalue weighted by molar-refractivity contribution is 5.94. The molecule has 0 atom stereocenters. The van der Waals surface area contributed by atoms with Crippen LogP contribution in [0.25, 0.3) is 5.69 Å². The Morgan fingerprint density at radius 2 is 1.92 bits per heavy atom. The van der Waals surface area contributed by atoms with Crippen LogP contribution in [-0.2, 0) is 4.79 Å². The number of amides is 1. The molecule has 0 spiro atoms. The summed E-state index contributed by atoms with van der Waals surface area (Å²) in [6, 6.07) is 7.89. The molecule has 2 aromatic rings. The number of rotatable bonds is 4. The van der Waals surface area contributed by atoms with Crippen molar-refractivity contribution in [2.75, 3.05) is 0 Å². The van der Waals surface area contributed by atoms with E-state index in [4.69, 9.17) is 5.11 Å². The van der Waals surface area contributed by atoms with E-state index in [0.29, 0.717) is 31.2 Å². The van der Waals surface area contributed by atoms with E-state index in [2.05, 4.69) is 10.4 Å². The van der Waals surface area contributed by atoms with Crippen molar-refractivity contribution in [3.05, 3.63) is 47.8 Å². The fraction of sp³-hybridized carbons (Fsp3) is 0.389. The third-order valence-electron chi connectivity index (χ3n) is 4.62. The lowest BCUT2D eigenvalue weighted by Gasteiger charge is -2.26. The van der Waals surface area contributed by atoms with E-state index >= 15 is 0 Å². The Kier molecular flexibility index (Phi) is 4.64. The molecule has 0 aliphatic heterocycles. The molecule has 0 bridgehead atoms. The number of nitrogens with zero attached hydrogens (tertiary/aromatic N) is 2. The van der Waals surface area contributed by atoms with Gasteiger partial charge in [-0.2, -0.15) is 5.10 Å². The molecule has 6 nitrogen and oxygen atoms in total. The minimum Gasteiger partial charge on any atom is -0.481 e. The first-order chi connectivity index (χ1) is 11.5. The van der Waals surface area contributed by atoms with Crippen LogP contribution in [-0.4, -0.2) is 32.8 Å². The van der Waals surface area contributed by atoms with Crippen LogP contribution in [0.5, 0.6) is 0 Å². The van der Waals surface area contributed by atoms with E-state index in [-0.39, 0.29) is 17.9 Å². The molecular weight excluding hydrogens is 306 g/mol. The molecular formula is C18H21N3O3. The van der Waals surface area contributed by atoms with Crippen molar-refractivity contribution in [2.24, 2.45) is 5.92 Å². The first kappa shape index (κ1) is 16.2. The number of carboxylic acid groups (broad SMARTS) is 1. The summed E-state index contributed by atoms with van der Waals surface area (Å²) in [5.41, 5.74) is 2.54. The number of para-hydroxylation sites is 1. The molecule has 1 amide bonds. The van der Waals surface area contributed by atoms with Crippen LogP contribution in [0, 0.1) is 12.8 Å². The van der Waals surface area contributed by atoms with E-state index in [1.54, 1.807) is 17.1 Å². The molecule has 126 valence electrons. The van der Waals surface area contributed by atoms with Gasteiger partial charge in [-0.15, -0.1) is 0 Å². The molecule has 0 radical (unpaired) electrons. The van der Waals surface area contributed by atoms with E-state index in [0.717, 1.165) is 11.3 Å². The average molecular weight is 327 g/mol. The van der Waals surface area contributed by atoms with Gasteiger partial charge in [0.05, 0.1) is 23.4 Å². The highest BCUT2D eigenvalue weighted by atomic mass is 16.4. The Balaban J connectivity index is 1.63. The molecule has 0 saturated heterocycles. The third kappa shape index (κ3) is 3.48. The largest absolute Gasteiger partial charge is 0.481 e. The van der Waals surface area contributed by atoms with Crippen LogP contribution in [0.3, 0.4) is 0 Å². The summed E-state index contributed by atoms with van der Waals surface area (Å²) in [6.07, 6.45) is 5.92. The van der Waals surface area contributed by atoms with Gasteiger partial charge in [-0.05, 0) is 44.2 Å². The molecule has 24 heavy (non-hydrogen) atoms. The normalized spacial score (nSPS) is 20.5. The van der Waals surface area contributed by atoms with Gasteiger partial charge < -0.3 is 10.4 Å². The Labute approximate surface area is 140 Å². The minimum absolute atomic E-state index is 0.0370. The molecule has 2 N–H and O–H groups in total. The zero-order valence-electron chi connectivity index (χ0n) is 13.6. The number of aromatic nitrogens is 2. The molecule has 1 saturated carbocycles. The summed E-state index contributed by atoms with van der Waals surface area (Å²) in [4.78, 5) is 23.3. The van der Waals surface area contributed by atoms with Crippen LogP contribution < -0.4 is 5.32 Å². The quantitative estimate of drug-likeness (QED) is 0.904. The Bertz CT molecular complexity index is 745. The second-order valence-corrected chi connectivity index (χ2v) is 6.32. The maximum absolute atomic E-state index is 12.4. The molecule has 1 heterocycles. The summed E-state index contributed by atoms with van der Waals surface area (Å²) in [5, 5.41) is 16.3. The number of carbonyl (C=O) groups excluding carboxylic acids is 1. The zero-order valence-corrected chi connectivity index (χ0v) is 13.6. The van der Waals surface area contributed by atoms with Crippen molar-refractivity contribution in [3.8, 4) is 5.69 Å². The van der Waals surface area contributed by atoms with Gasteiger partial charge in [0.25, 0.3) is 5.91 Å². The summed E-state index contributed by atoms with van der Waals surface area (Å²) in [6.45, 7) is 2.00. The monoisotopic (exact) mass is 327 g/mol. The maximum Gasteiger partial charge on any atom is 0.306 e. The van der Waals surface area contributed by atoms with Gasteiger partial charge in [0.2, 0.25) is 0 Å². The van der Waals surface area contributed by atoms with E-state index in [1.165, 1.54) is 0 Å². The summed E-state index contributed by atoms with van der Waals surface area (Å²) in [7, 11) is 0. The highest BCUT2D eigenvalue weighted by Gasteiger charge is 2.27.